The molecule has 1 aliphatic rings. The number of nitrogens with zero attached hydrogens (tertiary/aromatic N) is 3. The number of carbonyl (C=O) groups is 1. The Morgan fingerprint density at radius 1 is 1.29 bits per heavy atom. The van der Waals surface area contributed by atoms with Crippen LogP contribution in [0.5, 0.6) is 0 Å². The van der Waals surface area contributed by atoms with Crippen molar-refractivity contribution in [2.75, 3.05) is 13.1 Å². The first kappa shape index (κ1) is 18.7. The Kier molecular flexibility index (Phi) is 5.48. The smallest absolute Gasteiger partial charge is 0.265 e. The van der Waals surface area contributed by atoms with Crippen LogP contribution >= 0.6 is 11.3 Å². The van der Waals surface area contributed by atoms with Crippen molar-refractivity contribution in [3.63, 3.8) is 0 Å². The van der Waals surface area contributed by atoms with Crippen LogP contribution in [-0.2, 0) is 6.42 Å². The van der Waals surface area contributed by atoms with Crippen molar-refractivity contribution in [3.05, 3.63) is 81.3 Å². The van der Waals surface area contributed by atoms with Crippen molar-refractivity contribution in [1.29, 1.82) is 0 Å². The van der Waals surface area contributed by atoms with Gasteiger partial charge >= 0.3 is 0 Å². The molecule has 1 aliphatic heterocycles. The van der Waals surface area contributed by atoms with E-state index in [1.54, 1.807) is 17.6 Å². The molecule has 1 saturated heterocycles. The summed E-state index contributed by atoms with van der Waals surface area (Å²) in [6, 6.07) is 12.6. The van der Waals surface area contributed by atoms with Crippen LogP contribution in [0.3, 0.4) is 0 Å². The van der Waals surface area contributed by atoms with Crippen molar-refractivity contribution in [3.8, 4) is 0 Å². The Morgan fingerprint density at radius 2 is 2.14 bits per heavy atom. The van der Waals surface area contributed by atoms with E-state index in [0.717, 1.165) is 46.9 Å². The SMILES string of the molecule is Cc1ncsc1C(=O)N1CCCC(c2cccc(Cc3cccc(F)c3)n2)C1. The Bertz CT molecular complexity index is 987. The number of aromatic nitrogens is 2. The normalized spacial score (nSPS) is 16.9. The lowest BCUT2D eigenvalue weighted by Crippen LogP contribution is -2.39. The number of pyridine rings is 1. The highest BCUT2D eigenvalue weighted by Gasteiger charge is 2.28. The maximum atomic E-state index is 13.4. The van der Waals surface area contributed by atoms with E-state index in [-0.39, 0.29) is 17.6 Å². The van der Waals surface area contributed by atoms with Crippen molar-refractivity contribution in [2.45, 2.75) is 32.1 Å². The maximum Gasteiger partial charge on any atom is 0.265 e. The fourth-order valence-electron chi connectivity index (χ4n) is 3.73. The molecule has 1 atom stereocenters. The number of likely N-dealkylation sites (tertiary alicyclic amines) is 1. The van der Waals surface area contributed by atoms with Gasteiger partial charge in [-0.25, -0.2) is 9.37 Å². The Hall–Kier alpha value is -2.60. The number of piperidine rings is 1. The molecule has 0 aliphatic carbocycles. The zero-order valence-electron chi connectivity index (χ0n) is 15.8. The standard InChI is InChI=1S/C22H22FN3OS/c1-15-21(28-14-24-15)22(27)26-10-4-6-17(13-26)20-9-3-8-19(25-20)12-16-5-2-7-18(23)11-16/h2-3,5,7-9,11,14,17H,4,6,10,12-13H2,1H3. The van der Waals surface area contributed by atoms with Crippen molar-refractivity contribution in [1.82, 2.24) is 14.9 Å². The highest BCUT2D eigenvalue weighted by molar-refractivity contribution is 7.11. The predicted molar refractivity (Wildman–Crippen MR) is 108 cm³/mol. The average Bonchev–Trinajstić information content (AvgIpc) is 3.14. The second-order valence-corrected chi connectivity index (χ2v) is 8.07. The number of aryl methyl sites for hydroxylation is 1. The largest absolute Gasteiger partial charge is 0.337 e. The van der Waals surface area contributed by atoms with E-state index >= 15 is 0 Å². The third kappa shape index (κ3) is 4.12. The maximum absolute atomic E-state index is 13.4. The zero-order valence-corrected chi connectivity index (χ0v) is 16.6. The van der Waals surface area contributed by atoms with E-state index in [1.165, 1.54) is 17.4 Å². The van der Waals surface area contributed by atoms with E-state index < -0.39 is 0 Å². The van der Waals surface area contributed by atoms with Gasteiger partial charge in [-0.1, -0.05) is 18.2 Å². The summed E-state index contributed by atoms with van der Waals surface area (Å²) in [5.74, 6) is 0.0625. The highest BCUT2D eigenvalue weighted by Crippen LogP contribution is 2.28. The van der Waals surface area contributed by atoms with Crippen LogP contribution in [0.1, 0.15) is 51.1 Å². The lowest BCUT2D eigenvalue weighted by atomic mass is 9.93. The van der Waals surface area contributed by atoms with E-state index in [9.17, 15) is 9.18 Å². The Balaban J connectivity index is 1.49. The summed E-state index contributed by atoms with van der Waals surface area (Å²) in [6.45, 7) is 3.32. The minimum Gasteiger partial charge on any atom is -0.337 e. The fraction of sp³-hybridized carbons (Fsp3) is 0.318. The molecule has 6 heteroatoms. The van der Waals surface area contributed by atoms with Gasteiger partial charge in [0.15, 0.2) is 0 Å². The molecule has 0 N–H and O–H groups in total. The fourth-order valence-corrected chi connectivity index (χ4v) is 4.50. The summed E-state index contributed by atoms with van der Waals surface area (Å²) in [5.41, 5.74) is 5.36. The van der Waals surface area contributed by atoms with Crippen LogP contribution in [0.2, 0.25) is 0 Å². The lowest BCUT2D eigenvalue weighted by Gasteiger charge is -2.32. The van der Waals surface area contributed by atoms with Crippen molar-refractivity contribution in [2.24, 2.45) is 0 Å². The number of hydrogen-bond acceptors (Lipinski definition) is 4. The van der Waals surface area contributed by atoms with Gasteiger partial charge in [-0.2, -0.15) is 0 Å². The monoisotopic (exact) mass is 395 g/mol. The van der Waals surface area contributed by atoms with Crippen LogP contribution in [-0.4, -0.2) is 33.9 Å². The molecule has 0 bridgehead atoms. The van der Waals surface area contributed by atoms with E-state index in [1.807, 2.05) is 36.1 Å². The number of halogens is 1. The second kappa shape index (κ2) is 8.19. The van der Waals surface area contributed by atoms with E-state index in [0.29, 0.717) is 13.0 Å². The zero-order chi connectivity index (χ0) is 19.5. The van der Waals surface area contributed by atoms with Crippen LogP contribution in [0.15, 0.2) is 48.0 Å². The first-order valence-electron chi connectivity index (χ1n) is 9.50. The average molecular weight is 396 g/mol. The lowest BCUT2D eigenvalue weighted by molar-refractivity contribution is 0.0710. The molecule has 0 spiro atoms. The van der Waals surface area contributed by atoms with Crippen molar-refractivity contribution < 1.29 is 9.18 Å². The summed E-state index contributed by atoms with van der Waals surface area (Å²) in [7, 11) is 0. The molecule has 0 saturated carbocycles. The van der Waals surface area contributed by atoms with Gasteiger partial charge in [0, 0.05) is 36.8 Å². The molecule has 3 heterocycles. The van der Waals surface area contributed by atoms with Crippen LogP contribution in [0.4, 0.5) is 4.39 Å². The minimum atomic E-state index is -0.228. The van der Waals surface area contributed by atoms with Gasteiger partial charge in [-0.3, -0.25) is 9.78 Å². The van der Waals surface area contributed by atoms with Gasteiger partial charge < -0.3 is 4.90 Å². The molecular formula is C22H22FN3OS. The van der Waals surface area contributed by atoms with Gasteiger partial charge in [-0.05, 0) is 49.6 Å². The molecule has 28 heavy (non-hydrogen) atoms. The van der Waals surface area contributed by atoms with Crippen LogP contribution in [0, 0.1) is 12.7 Å². The first-order chi connectivity index (χ1) is 13.6. The van der Waals surface area contributed by atoms with Crippen LogP contribution < -0.4 is 0 Å². The predicted octanol–water partition coefficient (Wildman–Crippen LogP) is 4.60. The van der Waals surface area contributed by atoms with E-state index in [4.69, 9.17) is 4.98 Å². The van der Waals surface area contributed by atoms with Gasteiger partial charge in [-0.15, -0.1) is 11.3 Å². The van der Waals surface area contributed by atoms with Gasteiger partial charge in [0.2, 0.25) is 0 Å². The summed E-state index contributed by atoms with van der Waals surface area (Å²) in [5, 5.41) is 0. The number of hydrogen-bond donors (Lipinski definition) is 0. The quantitative estimate of drug-likeness (QED) is 0.649. The Labute approximate surface area is 168 Å². The third-order valence-electron chi connectivity index (χ3n) is 5.17. The molecule has 0 radical (unpaired) electrons. The third-order valence-corrected chi connectivity index (χ3v) is 6.09. The molecule has 2 aromatic heterocycles. The summed E-state index contributed by atoms with van der Waals surface area (Å²) in [4.78, 5) is 24.5. The molecular weight excluding hydrogens is 373 g/mol. The summed E-state index contributed by atoms with van der Waals surface area (Å²) < 4.78 is 13.4. The molecule has 3 aromatic rings. The number of rotatable bonds is 4. The first-order valence-corrected chi connectivity index (χ1v) is 10.4. The second-order valence-electron chi connectivity index (χ2n) is 7.22. The molecule has 144 valence electrons. The number of amides is 1. The minimum absolute atomic E-state index is 0.0700. The van der Waals surface area contributed by atoms with Crippen molar-refractivity contribution >= 4 is 17.2 Å². The van der Waals surface area contributed by atoms with Crippen LogP contribution in [0.25, 0.3) is 0 Å². The molecule has 4 rings (SSSR count). The van der Waals surface area contributed by atoms with Gasteiger partial charge in [0.05, 0.1) is 11.2 Å². The summed E-state index contributed by atoms with van der Waals surface area (Å²) >= 11 is 1.40. The molecule has 4 nitrogen and oxygen atoms in total. The molecule has 1 amide bonds. The molecule has 1 aromatic carbocycles. The van der Waals surface area contributed by atoms with E-state index in [2.05, 4.69) is 4.98 Å². The number of thiazole rings is 1. The topological polar surface area (TPSA) is 46.1 Å². The molecule has 1 fully saturated rings. The number of carbonyl (C=O) groups excluding carboxylic acids is 1. The van der Waals surface area contributed by atoms with Gasteiger partial charge in [0.1, 0.15) is 10.7 Å². The Morgan fingerprint density at radius 3 is 2.93 bits per heavy atom. The highest BCUT2D eigenvalue weighted by atomic mass is 32.1. The van der Waals surface area contributed by atoms with Gasteiger partial charge in [0.25, 0.3) is 5.91 Å². The summed E-state index contributed by atoms with van der Waals surface area (Å²) in [6.07, 6.45) is 2.58. The number of benzene rings is 1. The molecule has 1 unspecified atom stereocenters.